The highest BCUT2D eigenvalue weighted by molar-refractivity contribution is 6.26. The number of carbonyl (C=O) groups is 5. The first kappa shape index (κ1) is 41.4. The van der Waals surface area contributed by atoms with Crippen molar-refractivity contribution in [2.45, 2.75) is 63.5 Å². The fourth-order valence-electron chi connectivity index (χ4n) is 5.94. The maximum Gasteiger partial charge on any atom is 0.264 e. The minimum absolute atomic E-state index is 0.0324. The predicted molar refractivity (Wildman–Crippen MR) is 187 cm³/mol. The topological polar surface area (TPSA) is 189 Å². The molecule has 1 aromatic rings. The van der Waals surface area contributed by atoms with Crippen molar-refractivity contribution in [1.29, 1.82) is 0 Å². The molecular formula is C36H54N4O12. The van der Waals surface area contributed by atoms with Gasteiger partial charge in [0.15, 0.2) is 0 Å². The lowest BCUT2D eigenvalue weighted by Gasteiger charge is -2.27. The molecule has 1 unspecified atom stereocenters. The number of anilines is 1. The van der Waals surface area contributed by atoms with Crippen molar-refractivity contribution in [3.63, 3.8) is 0 Å². The van der Waals surface area contributed by atoms with E-state index in [1.807, 2.05) is 0 Å². The van der Waals surface area contributed by atoms with Crippen LogP contribution < -0.4 is 16.0 Å². The average molecular weight is 735 g/mol. The summed E-state index contributed by atoms with van der Waals surface area (Å²) in [5, 5.41) is 8.23. The third-order valence-corrected chi connectivity index (χ3v) is 8.66. The normalized spacial score (nSPS) is 17.8. The van der Waals surface area contributed by atoms with Crippen LogP contribution in [0.3, 0.4) is 0 Å². The molecular weight excluding hydrogens is 680 g/mol. The number of piperidine rings is 2. The molecule has 4 rings (SSSR count). The number of carbonyl (C=O) groups excluding carboxylic acids is 5. The molecule has 2 saturated heterocycles. The van der Waals surface area contributed by atoms with Gasteiger partial charge in [-0.1, -0.05) is 12.5 Å². The first-order valence-corrected chi connectivity index (χ1v) is 18.4. The molecule has 0 bridgehead atoms. The number of nitrogens with zero attached hydrogens (tertiary/aromatic N) is 1. The van der Waals surface area contributed by atoms with Gasteiger partial charge in [0.2, 0.25) is 17.7 Å². The summed E-state index contributed by atoms with van der Waals surface area (Å²) in [4.78, 5) is 63.5. The van der Waals surface area contributed by atoms with E-state index in [1.165, 1.54) is 6.07 Å². The summed E-state index contributed by atoms with van der Waals surface area (Å²) in [5.41, 5.74) is 0.397. The monoisotopic (exact) mass is 734 g/mol. The predicted octanol–water partition coefficient (Wildman–Crippen LogP) is 1.45. The zero-order chi connectivity index (χ0) is 36.8. The molecule has 3 aliphatic heterocycles. The van der Waals surface area contributed by atoms with Gasteiger partial charge in [0.1, 0.15) is 6.04 Å². The Morgan fingerprint density at radius 2 is 1.27 bits per heavy atom. The van der Waals surface area contributed by atoms with Gasteiger partial charge >= 0.3 is 0 Å². The summed E-state index contributed by atoms with van der Waals surface area (Å²) in [6.07, 6.45) is 4.97. The highest BCUT2D eigenvalue weighted by Gasteiger charge is 2.45. The molecule has 2 fully saturated rings. The number of imide groups is 2. The maximum absolute atomic E-state index is 13.2. The molecule has 5 amide bonds. The molecule has 1 aromatic carbocycles. The number of fused-ring (bicyclic) bond motifs is 1. The van der Waals surface area contributed by atoms with Gasteiger partial charge in [0, 0.05) is 19.4 Å². The van der Waals surface area contributed by atoms with Crippen molar-refractivity contribution in [2.75, 3.05) is 104 Å². The Labute approximate surface area is 304 Å². The maximum atomic E-state index is 13.2. The lowest BCUT2D eigenvalue weighted by molar-refractivity contribution is -0.136. The van der Waals surface area contributed by atoms with E-state index in [9.17, 15) is 24.0 Å². The third kappa shape index (κ3) is 14.2. The van der Waals surface area contributed by atoms with Crippen LogP contribution in [0.1, 0.15) is 72.1 Å². The summed E-state index contributed by atoms with van der Waals surface area (Å²) < 4.78 is 38.9. The first-order valence-electron chi connectivity index (χ1n) is 18.4. The number of nitrogens with one attached hydrogen (secondary N) is 3. The Kier molecular flexibility index (Phi) is 19.2. The number of benzene rings is 1. The van der Waals surface area contributed by atoms with Gasteiger partial charge in [0.25, 0.3) is 11.8 Å². The van der Waals surface area contributed by atoms with Gasteiger partial charge in [0.05, 0.1) is 102 Å². The molecule has 3 N–H and O–H groups in total. The number of hydrogen-bond donors (Lipinski definition) is 3. The van der Waals surface area contributed by atoms with Crippen LogP contribution in [-0.4, -0.2) is 146 Å². The minimum atomic E-state index is -1.07. The summed E-state index contributed by atoms with van der Waals surface area (Å²) in [6, 6.07) is 3.54. The minimum Gasteiger partial charge on any atom is -0.379 e. The van der Waals surface area contributed by atoms with Crippen molar-refractivity contribution in [2.24, 2.45) is 0 Å². The van der Waals surface area contributed by atoms with Crippen LogP contribution in [0, 0.1) is 0 Å². The molecule has 1 atom stereocenters. The Hall–Kier alpha value is -3.35. The van der Waals surface area contributed by atoms with E-state index in [1.54, 1.807) is 12.1 Å². The summed E-state index contributed by atoms with van der Waals surface area (Å²) in [6.45, 7) is 8.68. The number of unbranched alkanes of at least 4 members (excludes halogenated alkanes) is 2. The van der Waals surface area contributed by atoms with E-state index in [2.05, 4.69) is 16.0 Å². The summed E-state index contributed by atoms with van der Waals surface area (Å²) >= 11 is 0. The van der Waals surface area contributed by atoms with Gasteiger partial charge in [-0.25, -0.2) is 0 Å². The lowest BCUT2D eigenvalue weighted by atomic mass is 10.0. The number of hydrogen-bond acceptors (Lipinski definition) is 13. The van der Waals surface area contributed by atoms with Crippen LogP contribution >= 0.6 is 0 Å². The second-order valence-corrected chi connectivity index (χ2v) is 12.5. The molecule has 0 aliphatic carbocycles. The summed E-state index contributed by atoms with van der Waals surface area (Å²) in [5.74, 6) is -2.69. The van der Waals surface area contributed by atoms with Crippen molar-refractivity contribution in [3.05, 3.63) is 29.3 Å². The van der Waals surface area contributed by atoms with Crippen LogP contribution in [0.15, 0.2) is 18.2 Å². The van der Waals surface area contributed by atoms with Crippen molar-refractivity contribution in [3.8, 4) is 0 Å². The fraction of sp³-hybridized carbons (Fsp3) is 0.694. The van der Waals surface area contributed by atoms with E-state index in [0.29, 0.717) is 98.4 Å². The molecule has 0 spiro atoms. The molecule has 16 heteroatoms. The van der Waals surface area contributed by atoms with Gasteiger partial charge in [-0.3, -0.25) is 34.2 Å². The van der Waals surface area contributed by atoms with E-state index >= 15 is 0 Å². The van der Waals surface area contributed by atoms with E-state index in [-0.39, 0.29) is 42.0 Å². The average Bonchev–Trinajstić information content (AvgIpc) is 3.39. The van der Waals surface area contributed by atoms with Crippen molar-refractivity contribution >= 4 is 35.2 Å². The van der Waals surface area contributed by atoms with Gasteiger partial charge in [-0.15, -0.1) is 0 Å². The van der Waals surface area contributed by atoms with Gasteiger partial charge in [-0.05, 0) is 57.3 Å². The van der Waals surface area contributed by atoms with Gasteiger partial charge < -0.3 is 43.8 Å². The molecule has 290 valence electrons. The van der Waals surface area contributed by atoms with Crippen molar-refractivity contribution in [1.82, 2.24) is 15.5 Å². The molecule has 0 radical (unpaired) electrons. The second-order valence-electron chi connectivity index (χ2n) is 12.5. The number of amides is 5. The van der Waals surface area contributed by atoms with E-state index in [4.69, 9.17) is 33.2 Å². The van der Waals surface area contributed by atoms with Crippen LogP contribution in [0.5, 0.6) is 0 Å². The highest BCUT2D eigenvalue weighted by atomic mass is 16.6. The smallest absolute Gasteiger partial charge is 0.264 e. The molecule has 3 aliphatic rings. The molecule has 0 saturated carbocycles. The quantitative estimate of drug-likeness (QED) is 0.0871. The molecule has 52 heavy (non-hydrogen) atoms. The zero-order valence-electron chi connectivity index (χ0n) is 30.0. The largest absolute Gasteiger partial charge is 0.379 e. The Bertz CT molecular complexity index is 1290. The van der Waals surface area contributed by atoms with Crippen LogP contribution in [-0.2, 0) is 47.5 Å². The zero-order valence-corrected chi connectivity index (χ0v) is 30.0. The van der Waals surface area contributed by atoms with E-state index < -0.39 is 29.7 Å². The Morgan fingerprint density at radius 1 is 0.692 bits per heavy atom. The lowest BCUT2D eigenvalue weighted by Crippen LogP contribution is -2.54. The molecule has 3 heterocycles. The standard InChI is InChI=1S/C36H54N4O12/c41-31(38-29-6-4-5-28-33(29)36(45)40(35(28)44)30-8-9-32(42)39-34(30)43)7-2-1-3-14-46-15-16-47-17-18-48-19-20-49-21-22-50-23-24-51-25-26-52-27-10-12-37-13-11-27/h4-6,27,30,37H,1-3,7-26H2,(H,38,41)(H,39,42,43). The second kappa shape index (κ2) is 24.1. The van der Waals surface area contributed by atoms with Crippen LogP contribution in [0.4, 0.5) is 5.69 Å². The number of ether oxygens (including phenoxy) is 7. The Morgan fingerprint density at radius 3 is 1.87 bits per heavy atom. The highest BCUT2D eigenvalue weighted by Crippen LogP contribution is 2.32. The number of rotatable bonds is 27. The molecule has 0 aromatic heterocycles. The third-order valence-electron chi connectivity index (χ3n) is 8.66. The van der Waals surface area contributed by atoms with Crippen molar-refractivity contribution < 1.29 is 57.1 Å². The van der Waals surface area contributed by atoms with Crippen LogP contribution in [0.2, 0.25) is 0 Å². The fourth-order valence-corrected chi connectivity index (χ4v) is 5.94. The van der Waals surface area contributed by atoms with Gasteiger partial charge in [-0.2, -0.15) is 0 Å². The van der Waals surface area contributed by atoms with Crippen LogP contribution in [0.25, 0.3) is 0 Å². The van der Waals surface area contributed by atoms with E-state index in [0.717, 1.165) is 43.7 Å². The Balaban J connectivity index is 0.897. The molecule has 16 nitrogen and oxygen atoms in total. The first-order chi connectivity index (χ1) is 25.5. The summed E-state index contributed by atoms with van der Waals surface area (Å²) in [7, 11) is 0. The SMILES string of the molecule is O=C1CCC(N2C(=O)c3cccc(NC(=O)CCCCCOCCOCCOCCOCCOCCOCCOC4CCNCC4)c3C2=O)C(=O)N1.